The van der Waals surface area contributed by atoms with Gasteiger partial charge < -0.3 is 15.1 Å². The Labute approximate surface area is 189 Å². The molecule has 6 nitrogen and oxygen atoms in total. The zero-order valence-corrected chi connectivity index (χ0v) is 19.0. The van der Waals surface area contributed by atoms with E-state index in [0.29, 0.717) is 13.1 Å². The summed E-state index contributed by atoms with van der Waals surface area (Å²) in [7, 11) is 0. The van der Waals surface area contributed by atoms with Gasteiger partial charge in [-0.2, -0.15) is 0 Å². The number of carbonyl (C=O) groups is 3. The first kappa shape index (κ1) is 22.2. The van der Waals surface area contributed by atoms with Crippen LogP contribution in [0.15, 0.2) is 29.2 Å². The standard InChI is InChI=1S/C24H33N3O3S/c28-21(25-18-11-5-1-2-6-12-18)17-27-19-13-7-8-14-20(19)31-22(24(27)30)23(29)26-15-9-3-4-10-16-26/h7-8,13-14,18,22H,1-6,9-12,15-17H2,(H,25,28)/t22-/m1/s1. The third-order valence-corrected chi connectivity index (χ3v) is 7.79. The van der Waals surface area contributed by atoms with Gasteiger partial charge >= 0.3 is 0 Å². The summed E-state index contributed by atoms with van der Waals surface area (Å²) in [5.41, 5.74) is 0.730. The first-order valence-corrected chi connectivity index (χ1v) is 12.7. The summed E-state index contributed by atoms with van der Waals surface area (Å²) >= 11 is 1.33. The molecular formula is C24H33N3O3S. The van der Waals surface area contributed by atoms with E-state index in [0.717, 1.165) is 61.9 Å². The fraction of sp³-hybridized carbons (Fsp3) is 0.625. The summed E-state index contributed by atoms with van der Waals surface area (Å²) in [6.45, 7) is 1.40. The molecule has 1 saturated carbocycles. The minimum Gasteiger partial charge on any atom is -0.352 e. The van der Waals surface area contributed by atoms with Gasteiger partial charge in [0.15, 0.2) is 5.25 Å². The molecule has 1 aromatic carbocycles. The second kappa shape index (κ2) is 10.5. The van der Waals surface area contributed by atoms with Crippen LogP contribution in [0.25, 0.3) is 0 Å². The Hall–Kier alpha value is -2.02. The van der Waals surface area contributed by atoms with Crippen LogP contribution in [0.4, 0.5) is 5.69 Å². The van der Waals surface area contributed by atoms with Crippen LogP contribution in [0.5, 0.6) is 0 Å². The van der Waals surface area contributed by atoms with E-state index in [2.05, 4.69) is 5.32 Å². The van der Waals surface area contributed by atoms with Crippen LogP contribution in [0.2, 0.25) is 0 Å². The Balaban J connectivity index is 1.49. The third kappa shape index (κ3) is 5.43. The van der Waals surface area contributed by atoms with Crippen molar-refractivity contribution in [3.63, 3.8) is 0 Å². The lowest BCUT2D eigenvalue weighted by Crippen LogP contribution is -2.53. The fourth-order valence-electron chi connectivity index (χ4n) is 4.83. The number of para-hydroxylation sites is 1. The third-order valence-electron chi connectivity index (χ3n) is 6.56. The van der Waals surface area contributed by atoms with Crippen LogP contribution in [-0.2, 0) is 14.4 Å². The summed E-state index contributed by atoms with van der Waals surface area (Å²) in [6.07, 6.45) is 11.0. The number of benzene rings is 1. The molecule has 1 saturated heterocycles. The fourth-order valence-corrected chi connectivity index (χ4v) is 6.02. The quantitative estimate of drug-likeness (QED) is 0.569. The summed E-state index contributed by atoms with van der Waals surface area (Å²) in [5, 5.41) is 2.33. The molecule has 1 aromatic rings. The molecule has 31 heavy (non-hydrogen) atoms. The van der Waals surface area contributed by atoms with Crippen molar-refractivity contribution < 1.29 is 14.4 Å². The van der Waals surface area contributed by atoms with E-state index in [4.69, 9.17) is 0 Å². The van der Waals surface area contributed by atoms with Gasteiger partial charge in [-0.3, -0.25) is 14.4 Å². The molecule has 2 aliphatic heterocycles. The van der Waals surface area contributed by atoms with Gasteiger partial charge in [-0.1, -0.05) is 50.7 Å². The first-order chi connectivity index (χ1) is 15.1. The average molecular weight is 444 g/mol. The number of carbonyl (C=O) groups excluding carboxylic acids is 3. The Morgan fingerprint density at radius 2 is 1.58 bits per heavy atom. The highest BCUT2D eigenvalue weighted by Gasteiger charge is 2.40. The molecule has 0 unspecified atom stereocenters. The molecule has 7 heteroatoms. The van der Waals surface area contributed by atoms with E-state index in [1.165, 1.54) is 29.5 Å². The molecule has 4 rings (SSSR count). The van der Waals surface area contributed by atoms with Crippen LogP contribution < -0.4 is 10.2 Å². The van der Waals surface area contributed by atoms with Crippen LogP contribution >= 0.6 is 11.8 Å². The van der Waals surface area contributed by atoms with Gasteiger partial charge in [0.2, 0.25) is 11.8 Å². The maximum Gasteiger partial charge on any atom is 0.250 e. The maximum atomic E-state index is 13.4. The van der Waals surface area contributed by atoms with Gasteiger partial charge in [0.25, 0.3) is 5.91 Å². The highest BCUT2D eigenvalue weighted by molar-refractivity contribution is 8.01. The van der Waals surface area contributed by atoms with E-state index in [1.807, 2.05) is 29.2 Å². The number of nitrogens with one attached hydrogen (secondary N) is 1. The van der Waals surface area contributed by atoms with Gasteiger partial charge in [-0.25, -0.2) is 0 Å². The van der Waals surface area contributed by atoms with Crippen LogP contribution in [0.1, 0.15) is 64.2 Å². The molecule has 1 atom stereocenters. The van der Waals surface area contributed by atoms with Crippen LogP contribution in [0, 0.1) is 0 Å². The average Bonchev–Trinajstić information content (AvgIpc) is 3.20. The van der Waals surface area contributed by atoms with E-state index in [9.17, 15) is 14.4 Å². The van der Waals surface area contributed by atoms with Crippen molar-refractivity contribution in [1.29, 1.82) is 0 Å². The SMILES string of the molecule is O=C(CN1C(=O)[C@@H](C(=O)N2CCCCCC2)Sc2ccccc21)NC1CCCCCC1. The molecule has 0 bridgehead atoms. The second-order valence-corrected chi connectivity index (χ2v) is 10.0. The Kier molecular flexibility index (Phi) is 7.54. The lowest BCUT2D eigenvalue weighted by atomic mass is 10.1. The zero-order valence-electron chi connectivity index (χ0n) is 18.2. The van der Waals surface area contributed by atoms with E-state index < -0.39 is 5.25 Å². The van der Waals surface area contributed by atoms with Crippen LogP contribution in [-0.4, -0.2) is 53.5 Å². The molecule has 1 aliphatic carbocycles. The summed E-state index contributed by atoms with van der Waals surface area (Å²) in [5.74, 6) is -0.516. The van der Waals surface area contributed by atoms with E-state index >= 15 is 0 Å². The summed E-state index contributed by atoms with van der Waals surface area (Å²) in [6, 6.07) is 7.78. The second-order valence-electron chi connectivity index (χ2n) is 8.89. The van der Waals surface area contributed by atoms with Crippen molar-refractivity contribution in [1.82, 2.24) is 10.2 Å². The van der Waals surface area contributed by atoms with Crippen molar-refractivity contribution in [2.45, 2.75) is 80.4 Å². The number of anilines is 1. The molecule has 2 fully saturated rings. The topological polar surface area (TPSA) is 69.7 Å². The van der Waals surface area contributed by atoms with Crippen molar-refractivity contribution in [3.05, 3.63) is 24.3 Å². The Bertz CT molecular complexity index is 799. The molecule has 0 aromatic heterocycles. The number of hydrogen-bond donors (Lipinski definition) is 1. The van der Waals surface area contributed by atoms with E-state index in [-0.39, 0.29) is 30.3 Å². The lowest BCUT2D eigenvalue weighted by Gasteiger charge is -2.35. The normalized spacial score (nSPS) is 23.0. The number of fused-ring (bicyclic) bond motifs is 1. The maximum absolute atomic E-state index is 13.4. The number of nitrogens with zero attached hydrogens (tertiary/aromatic N) is 2. The van der Waals surface area contributed by atoms with Gasteiger partial charge in [0, 0.05) is 24.0 Å². The first-order valence-electron chi connectivity index (χ1n) is 11.8. The predicted octanol–water partition coefficient (Wildman–Crippen LogP) is 3.74. The number of amides is 3. The molecule has 168 valence electrons. The summed E-state index contributed by atoms with van der Waals surface area (Å²) < 4.78 is 0. The smallest absolute Gasteiger partial charge is 0.250 e. The lowest BCUT2D eigenvalue weighted by molar-refractivity contribution is -0.135. The highest BCUT2D eigenvalue weighted by Crippen LogP contribution is 2.39. The molecule has 0 spiro atoms. The molecule has 1 N–H and O–H groups in total. The zero-order chi connectivity index (χ0) is 21.6. The van der Waals surface area contributed by atoms with E-state index in [1.54, 1.807) is 0 Å². The molecule has 0 radical (unpaired) electrons. The molecule has 3 aliphatic rings. The van der Waals surface area contributed by atoms with Gasteiger partial charge in [-0.15, -0.1) is 11.8 Å². The Morgan fingerprint density at radius 3 is 2.29 bits per heavy atom. The molecular weight excluding hydrogens is 410 g/mol. The van der Waals surface area contributed by atoms with Crippen molar-refractivity contribution >= 4 is 35.2 Å². The van der Waals surface area contributed by atoms with Gasteiger partial charge in [0.05, 0.1) is 5.69 Å². The van der Waals surface area contributed by atoms with Gasteiger partial charge in [-0.05, 0) is 37.8 Å². The van der Waals surface area contributed by atoms with Gasteiger partial charge in [0.1, 0.15) is 6.54 Å². The number of likely N-dealkylation sites (tertiary alicyclic amines) is 1. The Morgan fingerprint density at radius 1 is 0.935 bits per heavy atom. The number of thioether (sulfide) groups is 1. The van der Waals surface area contributed by atoms with Crippen molar-refractivity contribution in [3.8, 4) is 0 Å². The monoisotopic (exact) mass is 443 g/mol. The number of hydrogen-bond acceptors (Lipinski definition) is 4. The highest BCUT2D eigenvalue weighted by atomic mass is 32.2. The van der Waals surface area contributed by atoms with Crippen molar-refractivity contribution in [2.75, 3.05) is 24.5 Å². The van der Waals surface area contributed by atoms with Crippen molar-refractivity contribution in [2.24, 2.45) is 0 Å². The minimum absolute atomic E-state index is 0.0311. The predicted molar refractivity (Wildman–Crippen MR) is 123 cm³/mol. The largest absolute Gasteiger partial charge is 0.352 e. The van der Waals surface area contributed by atoms with Crippen LogP contribution in [0.3, 0.4) is 0 Å². The summed E-state index contributed by atoms with van der Waals surface area (Å²) in [4.78, 5) is 43.8. The molecule has 3 amide bonds. The number of rotatable bonds is 4. The molecule has 2 heterocycles. The minimum atomic E-state index is -0.807.